The molecule has 0 radical (unpaired) electrons. The molecule has 0 bridgehead atoms. The van der Waals surface area contributed by atoms with E-state index in [1.807, 2.05) is 0 Å². The van der Waals surface area contributed by atoms with E-state index in [-0.39, 0.29) is 11.4 Å². The Hall–Kier alpha value is -3.53. The van der Waals surface area contributed by atoms with E-state index in [0.717, 1.165) is 0 Å². The highest BCUT2D eigenvalue weighted by Crippen LogP contribution is 2.30. The summed E-state index contributed by atoms with van der Waals surface area (Å²) in [5.74, 6) is -1.20. The first-order chi connectivity index (χ1) is 13.7. The van der Waals surface area contributed by atoms with Crippen LogP contribution in [0.15, 0.2) is 55.0 Å². The number of carbonyl (C=O) groups excluding carboxylic acids is 2. The topological polar surface area (TPSA) is 96.9 Å². The number of hydrogen-bond acceptors (Lipinski definition) is 5. The predicted octanol–water partition coefficient (Wildman–Crippen LogP) is 4.05. The first-order valence-corrected chi connectivity index (χ1v) is 8.34. The lowest BCUT2D eigenvalue weighted by molar-refractivity contribution is -0.137. The van der Waals surface area contributed by atoms with Crippen LogP contribution in [0.25, 0.3) is 0 Å². The van der Waals surface area contributed by atoms with Gasteiger partial charge in [-0.2, -0.15) is 13.2 Å². The van der Waals surface area contributed by atoms with E-state index >= 15 is 0 Å². The predicted molar refractivity (Wildman–Crippen MR) is 98.6 cm³/mol. The molecule has 3 aromatic heterocycles. The van der Waals surface area contributed by atoms with Crippen LogP contribution >= 0.6 is 11.6 Å². The first-order valence-electron chi connectivity index (χ1n) is 7.96. The molecule has 3 rings (SSSR count). The summed E-state index contributed by atoms with van der Waals surface area (Å²) >= 11 is 5.76. The number of rotatable bonds is 4. The Balaban J connectivity index is 1.78. The molecule has 0 unspecified atom stereocenters. The molecule has 7 nitrogen and oxygen atoms in total. The second-order valence-electron chi connectivity index (χ2n) is 5.61. The van der Waals surface area contributed by atoms with E-state index in [1.165, 1.54) is 24.5 Å². The van der Waals surface area contributed by atoms with Gasteiger partial charge in [-0.3, -0.25) is 14.6 Å². The number of alkyl halides is 3. The molecule has 0 saturated carbocycles. The molecule has 0 fully saturated rings. The van der Waals surface area contributed by atoms with Gasteiger partial charge < -0.3 is 10.6 Å². The first kappa shape index (κ1) is 20.2. The van der Waals surface area contributed by atoms with Gasteiger partial charge in [0, 0.05) is 24.3 Å². The molecule has 0 aliphatic carbocycles. The smallest absolute Gasteiger partial charge is 0.322 e. The lowest BCUT2D eigenvalue weighted by Crippen LogP contribution is -2.17. The average molecular weight is 422 g/mol. The van der Waals surface area contributed by atoms with E-state index in [9.17, 15) is 22.8 Å². The highest BCUT2D eigenvalue weighted by molar-refractivity contribution is 6.33. The van der Waals surface area contributed by atoms with Crippen molar-refractivity contribution >= 4 is 34.9 Å². The molecule has 2 N–H and O–H groups in total. The minimum absolute atomic E-state index is 0.0401. The number of anilines is 2. The zero-order chi connectivity index (χ0) is 21.0. The van der Waals surface area contributed by atoms with Gasteiger partial charge in [-0.1, -0.05) is 17.7 Å². The minimum atomic E-state index is -4.68. The molecule has 0 saturated heterocycles. The highest BCUT2D eigenvalue weighted by atomic mass is 35.5. The molecule has 3 aromatic rings. The number of nitrogens with zero attached hydrogens (tertiary/aromatic N) is 3. The van der Waals surface area contributed by atoms with Crippen molar-refractivity contribution in [3.8, 4) is 0 Å². The van der Waals surface area contributed by atoms with E-state index in [0.29, 0.717) is 18.1 Å². The lowest BCUT2D eigenvalue weighted by atomic mass is 10.2. The van der Waals surface area contributed by atoms with Crippen LogP contribution in [0.3, 0.4) is 0 Å². The SMILES string of the molecule is O=C(Nc1ccccn1)c1cc(NC(=O)c2cc(C(F)(F)F)cnc2Cl)ccn1. The van der Waals surface area contributed by atoms with Crippen molar-refractivity contribution in [1.82, 2.24) is 15.0 Å². The largest absolute Gasteiger partial charge is 0.417 e. The molecule has 3 heterocycles. The number of halogens is 4. The Kier molecular flexibility index (Phi) is 5.74. The van der Waals surface area contributed by atoms with Gasteiger partial charge in [0.25, 0.3) is 11.8 Å². The third-order valence-corrected chi connectivity index (χ3v) is 3.87. The molecule has 148 valence electrons. The zero-order valence-corrected chi connectivity index (χ0v) is 15.1. The Morgan fingerprint density at radius 3 is 2.41 bits per heavy atom. The molecular weight excluding hydrogens is 411 g/mol. The molecule has 11 heteroatoms. The summed E-state index contributed by atoms with van der Waals surface area (Å²) in [4.78, 5) is 35.9. The molecular formula is C18H11ClF3N5O2. The van der Waals surface area contributed by atoms with Crippen LogP contribution < -0.4 is 10.6 Å². The van der Waals surface area contributed by atoms with Gasteiger partial charge in [-0.25, -0.2) is 9.97 Å². The highest BCUT2D eigenvalue weighted by Gasteiger charge is 2.32. The third-order valence-electron chi connectivity index (χ3n) is 3.57. The van der Waals surface area contributed by atoms with Crippen molar-refractivity contribution in [3.63, 3.8) is 0 Å². The van der Waals surface area contributed by atoms with E-state index < -0.39 is 34.3 Å². The van der Waals surface area contributed by atoms with Crippen molar-refractivity contribution in [2.75, 3.05) is 10.6 Å². The normalized spacial score (nSPS) is 11.0. The monoisotopic (exact) mass is 421 g/mol. The number of hydrogen-bond donors (Lipinski definition) is 2. The Bertz CT molecular complexity index is 1060. The van der Waals surface area contributed by atoms with Crippen molar-refractivity contribution in [3.05, 3.63) is 77.0 Å². The van der Waals surface area contributed by atoms with Gasteiger partial charge in [-0.15, -0.1) is 0 Å². The standard InChI is InChI=1S/C18H11ClF3N5O2/c19-15-12(7-10(9-25-15)18(20,21)22)16(28)26-11-4-6-23-13(8-11)17(29)27-14-3-1-2-5-24-14/h1-9H,(H,23,26,28)(H,24,27,29). The molecule has 0 aliphatic heterocycles. The van der Waals surface area contributed by atoms with Crippen LogP contribution in [0.4, 0.5) is 24.7 Å². The van der Waals surface area contributed by atoms with Gasteiger partial charge in [-0.05, 0) is 30.3 Å². The van der Waals surface area contributed by atoms with Crippen molar-refractivity contribution in [1.29, 1.82) is 0 Å². The van der Waals surface area contributed by atoms with E-state index in [1.54, 1.807) is 18.2 Å². The fraction of sp³-hybridized carbons (Fsp3) is 0.0556. The van der Waals surface area contributed by atoms with Gasteiger partial charge in [0.2, 0.25) is 0 Å². The summed E-state index contributed by atoms with van der Waals surface area (Å²) in [6.07, 6.45) is -1.40. The summed E-state index contributed by atoms with van der Waals surface area (Å²) in [6.45, 7) is 0. The second kappa shape index (κ2) is 8.23. The van der Waals surface area contributed by atoms with Gasteiger partial charge in [0.15, 0.2) is 0 Å². The van der Waals surface area contributed by atoms with Crippen LogP contribution in [0.1, 0.15) is 26.4 Å². The van der Waals surface area contributed by atoms with Crippen molar-refractivity contribution in [2.24, 2.45) is 0 Å². The summed E-state index contributed by atoms with van der Waals surface area (Å²) in [7, 11) is 0. The number of aromatic nitrogens is 3. The van der Waals surface area contributed by atoms with Gasteiger partial charge in [0.1, 0.15) is 16.7 Å². The van der Waals surface area contributed by atoms with Crippen LogP contribution in [0.2, 0.25) is 5.15 Å². The maximum Gasteiger partial charge on any atom is 0.417 e. The molecule has 29 heavy (non-hydrogen) atoms. The molecule has 0 aliphatic rings. The summed E-state index contributed by atoms with van der Waals surface area (Å²) in [5.41, 5.74) is -1.48. The van der Waals surface area contributed by atoms with Crippen LogP contribution in [-0.2, 0) is 6.18 Å². The molecule has 0 aromatic carbocycles. The van der Waals surface area contributed by atoms with Crippen molar-refractivity contribution < 1.29 is 22.8 Å². The number of carbonyl (C=O) groups is 2. The van der Waals surface area contributed by atoms with E-state index in [2.05, 4.69) is 25.6 Å². The van der Waals surface area contributed by atoms with E-state index in [4.69, 9.17) is 11.6 Å². The van der Waals surface area contributed by atoms with Gasteiger partial charge >= 0.3 is 6.18 Å². The maximum absolute atomic E-state index is 12.8. The Morgan fingerprint density at radius 1 is 0.931 bits per heavy atom. The third kappa shape index (κ3) is 5.05. The molecule has 0 atom stereocenters. The quantitative estimate of drug-likeness (QED) is 0.619. The number of pyridine rings is 3. The average Bonchev–Trinajstić information content (AvgIpc) is 2.68. The molecule has 2 amide bonds. The zero-order valence-electron chi connectivity index (χ0n) is 14.4. The lowest BCUT2D eigenvalue weighted by Gasteiger charge is -2.11. The number of amides is 2. The molecule has 0 spiro atoms. The Labute approximate surface area is 167 Å². The van der Waals surface area contributed by atoms with Crippen LogP contribution in [0, 0.1) is 0 Å². The second-order valence-corrected chi connectivity index (χ2v) is 5.97. The fourth-order valence-electron chi connectivity index (χ4n) is 2.21. The van der Waals surface area contributed by atoms with Crippen LogP contribution in [-0.4, -0.2) is 26.8 Å². The summed E-state index contributed by atoms with van der Waals surface area (Å²) in [5, 5.41) is 4.50. The summed E-state index contributed by atoms with van der Waals surface area (Å²) in [6, 6.07) is 8.15. The fourth-order valence-corrected chi connectivity index (χ4v) is 2.40. The van der Waals surface area contributed by atoms with Crippen LogP contribution in [0.5, 0.6) is 0 Å². The van der Waals surface area contributed by atoms with Gasteiger partial charge in [0.05, 0.1) is 11.1 Å². The maximum atomic E-state index is 12.8. The number of nitrogens with one attached hydrogen (secondary N) is 2. The minimum Gasteiger partial charge on any atom is -0.322 e. The Morgan fingerprint density at radius 2 is 1.72 bits per heavy atom. The summed E-state index contributed by atoms with van der Waals surface area (Å²) < 4.78 is 38.5. The van der Waals surface area contributed by atoms with Crippen molar-refractivity contribution in [2.45, 2.75) is 6.18 Å².